The Hall–Kier alpha value is -2.65. The maximum atomic E-state index is 12.5. The molecule has 0 aliphatic rings. The maximum absolute atomic E-state index is 12.5. The predicted molar refractivity (Wildman–Crippen MR) is 94.7 cm³/mol. The molecule has 0 atom stereocenters. The summed E-state index contributed by atoms with van der Waals surface area (Å²) in [5, 5.41) is 4.23. The minimum atomic E-state index is -0.156. The molecule has 0 spiro atoms. The van der Waals surface area contributed by atoms with Gasteiger partial charge in [0.05, 0.1) is 16.8 Å². The normalized spacial score (nSPS) is 10.5. The number of pyridine rings is 1. The number of benzene rings is 2. The Morgan fingerprint density at radius 3 is 2.70 bits per heavy atom. The van der Waals surface area contributed by atoms with E-state index >= 15 is 0 Å². The Kier molecular flexibility index (Phi) is 4.40. The number of nitrogens with one attached hydrogen (secondary N) is 1. The molecule has 3 rings (SSSR count). The topological polar surface area (TPSA) is 42.0 Å². The summed E-state index contributed by atoms with van der Waals surface area (Å²) in [6, 6.07) is 16.8. The van der Waals surface area contributed by atoms with Crippen molar-refractivity contribution in [1.82, 2.24) is 10.3 Å². The minimum absolute atomic E-state index is 0.156. The van der Waals surface area contributed by atoms with E-state index in [0.29, 0.717) is 22.8 Å². The van der Waals surface area contributed by atoms with Crippen LogP contribution in [-0.2, 0) is 0 Å². The maximum Gasteiger partial charge on any atom is 0.252 e. The Labute approximate surface area is 139 Å². The van der Waals surface area contributed by atoms with E-state index in [4.69, 9.17) is 11.6 Å². The van der Waals surface area contributed by atoms with Gasteiger partial charge in [0, 0.05) is 22.5 Å². The van der Waals surface area contributed by atoms with Crippen molar-refractivity contribution in [3.8, 4) is 11.3 Å². The van der Waals surface area contributed by atoms with E-state index < -0.39 is 0 Å². The van der Waals surface area contributed by atoms with Crippen molar-refractivity contribution in [2.24, 2.45) is 0 Å². The first-order chi connectivity index (χ1) is 11.2. The van der Waals surface area contributed by atoms with Crippen molar-refractivity contribution in [3.05, 3.63) is 77.8 Å². The third kappa shape index (κ3) is 3.10. The average Bonchev–Trinajstić information content (AvgIpc) is 2.59. The van der Waals surface area contributed by atoms with Gasteiger partial charge in [-0.25, -0.2) is 4.98 Å². The van der Waals surface area contributed by atoms with Crippen LogP contribution < -0.4 is 5.32 Å². The van der Waals surface area contributed by atoms with E-state index in [0.717, 1.165) is 16.5 Å². The Morgan fingerprint density at radius 2 is 1.91 bits per heavy atom. The summed E-state index contributed by atoms with van der Waals surface area (Å²) in [6.07, 6.45) is 1.65. The van der Waals surface area contributed by atoms with Gasteiger partial charge in [0.25, 0.3) is 5.91 Å². The average molecular weight is 323 g/mol. The molecule has 1 heterocycles. The van der Waals surface area contributed by atoms with Gasteiger partial charge < -0.3 is 5.32 Å². The standard InChI is InChI=1S/C19H15ClN2O/c1-2-11-21-19(23)15-12-18(14-8-3-5-9-16(14)20)22-17-10-6-4-7-13(15)17/h2-10,12H,1,11H2,(H,21,23). The fourth-order valence-corrected chi connectivity index (χ4v) is 2.66. The minimum Gasteiger partial charge on any atom is -0.349 e. The van der Waals surface area contributed by atoms with E-state index in [1.807, 2.05) is 48.5 Å². The van der Waals surface area contributed by atoms with Crippen LogP contribution in [0.3, 0.4) is 0 Å². The molecular weight excluding hydrogens is 308 g/mol. The van der Waals surface area contributed by atoms with Crippen molar-refractivity contribution < 1.29 is 4.79 Å². The van der Waals surface area contributed by atoms with Gasteiger partial charge in [-0.05, 0) is 18.2 Å². The third-order valence-corrected chi connectivity index (χ3v) is 3.85. The van der Waals surface area contributed by atoms with Crippen LogP contribution in [0.2, 0.25) is 5.02 Å². The first-order valence-corrected chi connectivity index (χ1v) is 7.62. The molecule has 114 valence electrons. The van der Waals surface area contributed by atoms with E-state index in [-0.39, 0.29) is 5.91 Å². The summed E-state index contributed by atoms with van der Waals surface area (Å²) >= 11 is 6.27. The number of nitrogens with zero attached hydrogens (tertiary/aromatic N) is 1. The van der Waals surface area contributed by atoms with Gasteiger partial charge in [-0.2, -0.15) is 0 Å². The number of aromatic nitrogens is 1. The van der Waals surface area contributed by atoms with E-state index in [1.165, 1.54) is 0 Å². The van der Waals surface area contributed by atoms with Crippen molar-refractivity contribution in [2.45, 2.75) is 0 Å². The highest BCUT2D eigenvalue weighted by molar-refractivity contribution is 6.33. The molecule has 0 saturated heterocycles. The lowest BCUT2D eigenvalue weighted by Crippen LogP contribution is -2.23. The zero-order chi connectivity index (χ0) is 16.2. The molecule has 1 N–H and O–H groups in total. The number of carbonyl (C=O) groups is 1. The van der Waals surface area contributed by atoms with Crippen molar-refractivity contribution in [2.75, 3.05) is 6.54 Å². The highest BCUT2D eigenvalue weighted by atomic mass is 35.5. The monoisotopic (exact) mass is 322 g/mol. The quantitative estimate of drug-likeness (QED) is 0.720. The van der Waals surface area contributed by atoms with Gasteiger partial charge in [-0.1, -0.05) is 54.1 Å². The molecule has 0 fully saturated rings. The summed E-state index contributed by atoms with van der Waals surface area (Å²) in [7, 11) is 0. The highest BCUT2D eigenvalue weighted by Gasteiger charge is 2.14. The van der Waals surface area contributed by atoms with Crippen LogP contribution in [0.15, 0.2) is 67.3 Å². The molecule has 0 saturated carbocycles. The summed E-state index contributed by atoms with van der Waals surface area (Å²) in [4.78, 5) is 17.1. The van der Waals surface area contributed by atoms with Crippen LogP contribution in [0, 0.1) is 0 Å². The number of halogens is 1. The zero-order valence-corrected chi connectivity index (χ0v) is 13.2. The molecule has 1 aromatic heterocycles. The summed E-state index contributed by atoms with van der Waals surface area (Å²) in [6.45, 7) is 4.03. The van der Waals surface area contributed by atoms with Gasteiger partial charge in [0.2, 0.25) is 0 Å². The summed E-state index contributed by atoms with van der Waals surface area (Å²) in [5.74, 6) is -0.156. The molecule has 3 nitrogen and oxygen atoms in total. The van der Waals surface area contributed by atoms with Crippen molar-refractivity contribution >= 4 is 28.4 Å². The van der Waals surface area contributed by atoms with Gasteiger partial charge in [0.1, 0.15) is 0 Å². The summed E-state index contributed by atoms with van der Waals surface area (Å²) < 4.78 is 0. The SMILES string of the molecule is C=CCNC(=O)c1cc(-c2ccccc2Cl)nc2ccccc12. The van der Waals surface area contributed by atoms with Crippen molar-refractivity contribution in [1.29, 1.82) is 0 Å². The molecule has 3 aromatic rings. The number of carbonyl (C=O) groups excluding carboxylic acids is 1. The molecule has 0 bridgehead atoms. The highest BCUT2D eigenvalue weighted by Crippen LogP contribution is 2.29. The lowest BCUT2D eigenvalue weighted by Gasteiger charge is -2.10. The van der Waals surface area contributed by atoms with E-state index in [9.17, 15) is 4.79 Å². The van der Waals surface area contributed by atoms with E-state index in [2.05, 4.69) is 16.9 Å². The molecular formula is C19H15ClN2O. The van der Waals surface area contributed by atoms with Gasteiger partial charge in [0.15, 0.2) is 0 Å². The fourth-order valence-electron chi connectivity index (χ4n) is 2.43. The van der Waals surface area contributed by atoms with E-state index in [1.54, 1.807) is 12.1 Å². The number of hydrogen-bond donors (Lipinski definition) is 1. The predicted octanol–water partition coefficient (Wildman–Crippen LogP) is 4.47. The molecule has 1 amide bonds. The molecule has 2 aromatic carbocycles. The van der Waals surface area contributed by atoms with Gasteiger partial charge in [-0.3, -0.25) is 4.79 Å². The number of rotatable bonds is 4. The molecule has 0 aliphatic heterocycles. The molecule has 0 unspecified atom stereocenters. The Balaban J connectivity index is 2.20. The molecule has 23 heavy (non-hydrogen) atoms. The van der Waals surface area contributed by atoms with Crippen LogP contribution in [0.4, 0.5) is 0 Å². The first kappa shape index (κ1) is 15.3. The fraction of sp³-hybridized carbons (Fsp3) is 0.0526. The molecule has 0 radical (unpaired) electrons. The van der Waals surface area contributed by atoms with Crippen LogP contribution in [0.1, 0.15) is 10.4 Å². The molecule has 0 aliphatic carbocycles. The number of fused-ring (bicyclic) bond motifs is 1. The van der Waals surface area contributed by atoms with Crippen LogP contribution in [0.5, 0.6) is 0 Å². The Morgan fingerprint density at radius 1 is 1.17 bits per heavy atom. The van der Waals surface area contributed by atoms with Gasteiger partial charge in [-0.15, -0.1) is 6.58 Å². The summed E-state index contributed by atoms with van der Waals surface area (Å²) in [5.41, 5.74) is 2.82. The lowest BCUT2D eigenvalue weighted by molar-refractivity contribution is 0.0959. The largest absolute Gasteiger partial charge is 0.349 e. The van der Waals surface area contributed by atoms with Crippen LogP contribution in [-0.4, -0.2) is 17.4 Å². The third-order valence-electron chi connectivity index (χ3n) is 3.52. The number of amides is 1. The molecule has 4 heteroatoms. The van der Waals surface area contributed by atoms with Gasteiger partial charge >= 0.3 is 0 Å². The smallest absolute Gasteiger partial charge is 0.252 e. The number of para-hydroxylation sites is 1. The second-order valence-corrected chi connectivity index (χ2v) is 5.46. The van der Waals surface area contributed by atoms with Crippen molar-refractivity contribution in [3.63, 3.8) is 0 Å². The van der Waals surface area contributed by atoms with Crippen LogP contribution in [0.25, 0.3) is 22.2 Å². The second kappa shape index (κ2) is 6.63. The lowest BCUT2D eigenvalue weighted by atomic mass is 10.0. The zero-order valence-electron chi connectivity index (χ0n) is 12.4. The first-order valence-electron chi connectivity index (χ1n) is 7.24. The second-order valence-electron chi connectivity index (χ2n) is 5.05. The Bertz CT molecular complexity index is 889. The number of hydrogen-bond acceptors (Lipinski definition) is 2. The van der Waals surface area contributed by atoms with Crippen LogP contribution >= 0.6 is 11.6 Å².